The van der Waals surface area contributed by atoms with Crippen LogP contribution in [0.2, 0.25) is 0 Å². The standard InChI is InChI=1S/C12H11F2NO3S/c13-7-2-8(12(17)18)11(9(14)3-7)15-4-6(5-19)1-10(15)16/h2-3,6,19H,1,4-5H2,(H,17,18). The smallest absolute Gasteiger partial charge is 0.338 e. The minimum atomic E-state index is -1.48. The molecule has 0 spiro atoms. The Morgan fingerprint density at radius 3 is 2.68 bits per heavy atom. The maximum atomic E-state index is 13.8. The fourth-order valence-corrected chi connectivity index (χ4v) is 2.37. The van der Waals surface area contributed by atoms with Crippen LogP contribution in [0.4, 0.5) is 14.5 Å². The molecule has 0 bridgehead atoms. The summed E-state index contributed by atoms with van der Waals surface area (Å²) in [5.41, 5.74) is -0.922. The monoisotopic (exact) mass is 287 g/mol. The van der Waals surface area contributed by atoms with E-state index in [2.05, 4.69) is 12.6 Å². The third kappa shape index (κ3) is 2.56. The number of carboxylic acids is 1. The number of amides is 1. The largest absolute Gasteiger partial charge is 0.478 e. The molecule has 1 aromatic rings. The number of carbonyl (C=O) groups excluding carboxylic acids is 1. The van der Waals surface area contributed by atoms with Crippen molar-refractivity contribution in [3.05, 3.63) is 29.3 Å². The lowest BCUT2D eigenvalue weighted by Gasteiger charge is -2.19. The first-order valence-electron chi connectivity index (χ1n) is 5.57. The van der Waals surface area contributed by atoms with Crippen molar-refractivity contribution in [2.24, 2.45) is 5.92 Å². The number of nitrogens with zero attached hydrogens (tertiary/aromatic N) is 1. The van der Waals surface area contributed by atoms with Gasteiger partial charge < -0.3 is 10.0 Å². The minimum absolute atomic E-state index is 0.0677. The molecule has 1 N–H and O–H groups in total. The molecule has 1 fully saturated rings. The summed E-state index contributed by atoms with van der Waals surface area (Å²) >= 11 is 4.07. The molecule has 1 heterocycles. The van der Waals surface area contributed by atoms with Crippen LogP contribution in [0.3, 0.4) is 0 Å². The quantitative estimate of drug-likeness (QED) is 0.835. The molecular formula is C12H11F2NO3S. The summed E-state index contributed by atoms with van der Waals surface area (Å²) in [6, 6.07) is 1.28. The molecule has 7 heteroatoms. The van der Waals surface area contributed by atoms with Gasteiger partial charge in [0.1, 0.15) is 5.82 Å². The van der Waals surface area contributed by atoms with E-state index in [-0.39, 0.29) is 30.5 Å². The summed E-state index contributed by atoms with van der Waals surface area (Å²) in [4.78, 5) is 23.9. The van der Waals surface area contributed by atoms with E-state index in [1.807, 2.05) is 0 Å². The summed E-state index contributed by atoms with van der Waals surface area (Å²) < 4.78 is 26.9. The van der Waals surface area contributed by atoms with Crippen LogP contribution in [0.1, 0.15) is 16.8 Å². The van der Waals surface area contributed by atoms with Crippen molar-refractivity contribution in [3.8, 4) is 0 Å². The van der Waals surface area contributed by atoms with Gasteiger partial charge in [0.2, 0.25) is 5.91 Å². The van der Waals surface area contributed by atoms with Gasteiger partial charge in [0, 0.05) is 19.0 Å². The van der Waals surface area contributed by atoms with Crippen molar-refractivity contribution < 1.29 is 23.5 Å². The van der Waals surface area contributed by atoms with E-state index in [0.717, 1.165) is 4.90 Å². The molecule has 1 aromatic carbocycles. The van der Waals surface area contributed by atoms with Crippen molar-refractivity contribution in [1.82, 2.24) is 0 Å². The zero-order valence-electron chi connectivity index (χ0n) is 9.77. The molecule has 1 aliphatic heterocycles. The van der Waals surface area contributed by atoms with Gasteiger partial charge in [0.05, 0.1) is 11.3 Å². The molecule has 1 amide bonds. The van der Waals surface area contributed by atoms with E-state index in [1.54, 1.807) is 0 Å². The number of thiol groups is 1. The predicted molar refractivity (Wildman–Crippen MR) is 67.6 cm³/mol. The molecule has 0 aliphatic carbocycles. The average molecular weight is 287 g/mol. The van der Waals surface area contributed by atoms with Crippen molar-refractivity contribution in [2.75, 3.05) is 17.2 Å². The number of aromatic carboxylic acids is 1. The molecule has 1 unspecified atom stereocenters. The Morgan fingerprint density at radius 2 is 2.16 bits per heavy atom. The molecule has 19 heavy (non-hydrogen) atoms. The second-order valence-corrected chi connectivity index (χ2v) is 4.71. The summed E-state index contributed by atoms with van der Waals surface area (Å²) in [7, 11) is 0. The topological polar surface area (TPSA) is 57.6 Å². The molecule has 1 atom stereocenters. The Morgan fingerprint density at radius 1 is 1.47 bits per heavy atom. The van der Waals surface area contributed by atoms with Gasteiger partial charge in [-0.25, -0.2) is 13.6 Å². The Balaban J connectivity index is 2.50. The first-order valence-corrected chi connectivity index (χ1v) is 6.20. The number of halogens is 2. The Hall–Kier alpha value is -1.63. The fourth-order valence-electron chi connectivity index (χ4n) is 2.12. The van der Waals surface area contributed by atoms with E-state index in [0.29, 0.717) is 17.9 Å². The zero-order chi connectivity index (χ0) is 14.2. The van der Waals surface area contributed by atoms with E-state index in [9.17, 15) is 18.4 Å². The first kappa shape index (κ1) is 13.8. The van der Waals surface area contributed by atoms with Crippen LogP contribution in [-0.2, 0) is 4.79 Å². The van der Waals surface area contributed by atoms with E-state index in [1.165, 1.54) is 0 Å². The lowest BCUT2D eigenvalue weighted by Crippen LogP contribution is -2.28. The lowest BCUT2D eigenvalue weighted by molar-refractivity contribution is -0.117. The van der Waals surface area contributed by atoms with Gasteiger partial charge in [-0.05, 0) is 17.7 Å². The molecule has 4 nitrogen and oxygen atoms in total. The summed E-state index contributed by atoms with van der Waals surface area (Å²) in [5, 5.41) is 9.00. The maximum absolute atomic E-state index is 13.8. The van der Waals surface area contributed by atoms with Crippen LogP contribution >= 0.6 is 12.6 Å². The van der Waals surface area contributed by atoms with Gasteiger partial charge in [-0.3, -0.25) is 4.79 Å². The highest BCUT2D eigenvalue weighted by Gasteiger charge is 2.34. The van der Waals surface area contributed by atoms with Crippen LogP contribution < -0.4 is 4.90 Å². The van der Waals surface area contributed by atoms with Crippen LogP contribution in [0, 0.1) is 17.6 Å². The molecule has 0 aromatic heterocycles. The SMILES string of the molecule is O=C(O)c1cc(F)cc(F)c1N1CC(CS)CC1=O. The first-order chi connectivity index (χ1) is 8.93. The molecule has 102 valence electrons. The number of anilines is 1. The minimum Gasteiger partial charge on any atom is -0.478 e. The second-order valence-electron chi connectivity index (χ2n) is 4.35. The summed E-state index contributed by atoms with van der Waals surface area (Å²) in [6.07, 6.45) is 0.180. The summed E-state index contributed by atoms with van der Waals surface area (Å²) in [5.74, 6) is -3.53. The second kappa shape index (κ2) is 5.16. The van der Waals surface area contributed by atoms with Gasteiger partial charge in [-0.15, -0.1) is 0 Å². The number of carboxylic acid groups (broad SMARTS) is 1. The highest BCUT2D eigenvalue weighted by molar-refractivity contribution is 7.80. The Kier molecular flexibility index (Phi) is 3.75. The molecule has 0 radical (unpaired) electrons. The van der Waals surface area contributed by atoms with Gasteiger partial charge >= 0.3 is 5.97 Å². The molecule has 0 saturated carbocycles. The number of hydrogen-bond acceptors (Lipinski definition) is 3. The van der Waals surface area contributed by atoms with Gasteiger partial charge in [-0.1, -0.05) is 0 Å². The van der Waals surface area contributed by atoms with Crippen molar-refractivity contribution in [2.45, 2.75) is 6.42 Å². The highest BCUT2D eigenvalue weighted by atomic mass is 32.1. The van der Waals surface area contributed by atoms with Gasteiger partial charge in [0.15, 0.2) is 5.82 Å². The number of benzene rings is 1. The van der Waals surface area contributed by atoms with Crippen LogP contribution in [0.5, 0.6) is 0 Å². The zero-order valence-corrected chi connectivity index (χ0v) is 10.7. The van der Waals surface area contributed by atoms with Gasteiger partial charge in [-0.2, -0.15) is 12.6 Å². The number of carbonyl (C=O) groups is 2. The van der Waals surface area contributed by atoms with Crippen LogP contribution in [0.15, 0.2) is 12.1 Å². The predicted octanol–water partition coefficient (Wildman–Crippen LogP) is 1.95. The molecular weight excluding hydrogens is 276 g/mol. The van der Waals surface area contributed by atoms with Crippen molar-refractivity contribution in [3.63, 3.8) is 0 Å². The third-order valence-electron chi connectivity index (χ3n) is 2.99. The maximum Gasteiger partial charge on any atom is 0.338 e. The van der Waals surface area contributed by atoms with E-state index < -0.39 is 23.2 Å². The number of hydrogen-bond donors (Lipinski definition) is 2. The van der Waals surface area contributed by atoms with E-state index >= 15 is 0 Å². The highest BCUT2D eigenvalue weighted by Crippen LogP contribution is 2.31. The Bertz CT molecular complexity index is 550. The Labute approximate surface area is 113 Å². The third-order valence-corrected chi connectivity index (χ3v) is 3.51. The summed E-state index contributed by atoms with van der Waals surface area (Å²) in [6.45, 7) is 0.186. The average Bonchev–Trinajstić information content (AvgIpc) is 2.69. The molecule has 1 aliphatic rings. The normalized spacial score (nSPS) is 19.0. The van der Waals surface area contributed by atoms with Gasteiger partial charge in [0.25, 0.3) is 0 Å². The van der Waals surface area contributed by atoms with Crippen LogP contribution in [0.25, 0.3) is 0 Å². The number of rotatable bonds is 3. The van der Waals surface area contributed by atoms with Crippen molar-refractivity contribution in [1.29, 1.82) is 0 Å². The fraction of sp³-hybridized carbons (Fsp3) is 0.333. The van der Waals surface area contributed by atoms with Crippen molar-refractivity contribution >= 4 is 30.2 Å². The lowest BCUT2D eigenvalue weighted by atomic mass is 10.1. The van der Waals surface area contributed by atoms with Crippen LogP contribution in [-0.4, -0.2) is 29.3 Å². The molecule has 2 rings (SSSR count). The van der Waals surface area contributed by atoms with E-state index in [4.69, 9.17) is 5.11 Å². The molecule has 1 saturated heterocycles.